The van der Waals surface area contributed by atoms with Crippen LogP contribution in [0, 0.1) is 0 Å². The lowest BCUT2D eigenvalue weighted by Gasteiger charge is -2.21. The molecule has 0 bridgehead atoms. The lowest BCUT2D eigenvalue weighted by atomic mass is 10.3. The standard InChI is InChI=1S/C12H27NO3Si/c1-5-16-17(3,4)11-7-10-13-9-6-8-12(14)15-2/h13H,5-11H2,1-4H3. The monoisotopic (exact) mass is 261 g/mol. The molecule has 0 aromatic rings. The molecule has 0 aliphatic heterocycles. The van der Waals surface area contributed by atoms with Crippen molar-refractivity contribution >= 4 is 14.3 Å². The summed E-state index contributed by atoms with van der Waals surface area (Å²) in [5, 5.41) is 3.34. The average molecular weight is 261 g/mol. The molecule has 17 heavy (non-hydrogen) atoms. The molecule has 0 fully saturated rings. The third-order valence-electron chi connectivity index (χ3n) is 2.63. The minimum Gasteiger partial charge on any atom is -0.469 e. The third kappa shape index (κ3) is 10.5. The molecule has 0 rings (SSSR count). The van der Waals surface area contributed by atoms with Gasteiger partial charge in [-0.2, -0.15) is 0 Å². The van der Waals surface area contributed by atoms with Crippen molar-refractivity contribution in [2.24, 2.45) is 0 Å². The fraction of sp³-hybridized carbons (Fsp3) is 0.917. The summed E-state index contributed by atoms with van der Waals surface area (Å²) in [4.78, 5) is 10.8. The molecule has 4 nitrogen and oxygen atoms in total. The first kappa shape index (κ1) is 16.6. The molecule has 0 heterocycles. The van der Waals surface area contributed by atoms with Gasteiger partial charge in [0.15, 0.2) is 8.32 Å². The number of esters is 1. The summed E-state index contributed by atoms with van der Waals surface area (Å²) in [6.45, 7) is 9.28. The number of carbonyl (C=O) groups is 1. The second-order valence-electron chi connectivity index (χ2n) is 4.73. The van der Waals surface area contributed by atoms with E-state index in [-0.39, 0.29) is 5.97 Å². The molecule has 0 saturated carbocycles. The molecule has 0 aliphatic rings. The number of nitrogens with one attached hydrogen (secondary N) is 1. The van der Waals surface area contributed by atoms with Crippen LogP contribution in [0.2, 0.25) is 19.1 Å². The summed E-state index contributed by atoms with van der Waals surface area (Å²) in [7, 11) is 0.0172. The Bertz CT molecular complexity index is 210. The van der Waals surface area contributed by atoms with Gasteiger partial charge in [-0.05, 0) is 52.0 Å². The van der Waals surface area contributed by atoms with E-state index in [0.29, 0.717) is 6.42 Å². The largest absolute Gasteiger partial charge is 0.469 e. The zero-order valence-corrected chi connectivity index (χ0v) is 12.7. The number of hydrogen-bond acceptors (Lipinski definition) is 4. The maximum absolute atomic E-state index is 10.8. The van der Waals surface area contributed by atoms with Crippen LogP contribution in [0.25, 0.3) is 0 Å². The van der Waals surface area contributed by atoms with Crippen LogP contribution in [-0.2, 0) is 14.0 Å². The summed E-state index contributed by atoms with van der Waals surface area (Å²) in [6, 6.07) is 1.19. The van der Waals surface area contributed by atoms with E-state index in [0.717, 1.165) is 32.5 Å². The van der Waals surface area contributed by atoms with Crippen LogP contribution in [0.3, 0.4) is 0 Å². The molecular formula is C12H27NO3Si. The van der Waals surface area contributed by atoms with Gasteiger partial charge in [0, 0.05) is 13.0 Å². The van der Waals surface area contributed by atoms with Crippen LogP contribution in [0.1, 0.15) is 26.2 Å². The quantitative estimate of drug-likeness (QED) is 0.372. The molecule has 0 saturated heterocycles. The number of methoxy groups -OCH3 is 1. The van der Waals surface area contributed by atoms with E-state index in [1.165, 1.54) is 13.2 Å². The van der Waals surface area contributed by atoms with Gasteiger partial charge >= 0.3 is 5.97 Å². The normalized spacial score (nSPS) is 11.5. The third-order valence-corrected chi connectivity index (χ3v) is 5.26. The molecule has 0 spiro atoms. The lowest BCUT2D eigenvalue weighted by molar-refractivity contribution is -0.140. The summed E-state index contributed by atoms with van der Waals surface area (Å²) in [5.74, 6) is -0.128. The number of ether oxygens (including phenoxy) is 1. The van der Waals surface area contributed by atoms with Gasteiger partial charge in [0.05, 0.1) is 7.11 Å². The first-order valence-electron chi connectivity index (χ1n) is 6.43. The molecule has 0 aromatic heterocycles. The number of carbonyl (C=O) groups excluding carboxylic acids is 1. The van der Waals surface area contributed by atoms with Gasteiger partial charge in [-0.25, -0.2) is 0 Å². The van der Waals surface area contributed by atoms with E-state index in [9.17, 15) is 4.79 Å². The van der Waals surface area contributed by atoms with Crippen molar-refractivity contribution in [3.63, 3.8) is 0 Å². The van der Waals surface area contributed by atoms with Crippen LogP contribution in [0.15, 0.2) is 0 Å². The Morgan fingerprint density at radius 2 is 1.88 bits per heavy atom. The topological polar surface area (TPSA) is 47.6 Å². The number of rotatable bonds is 10. The maximum atomic E-state index is 10.8. The second kappa shape index (κ2) is 9.62. The molecule has 0 aromatic carbocycles. The highest BCUT2D eigenvalue weighted by Crippen LogP contribution is 2.12. The van der Waals surface area contributed by atoms with E-state index in [1.54, 1.807) is 0 Å². The van der Waals surface area contributed by atoms with E-state index >= 15 is 0 Å². The molecule has 0 amide bonds. The van der Waals surface area contributed by atoms with Crippen LogP contribution < -0.4 is 5.32 Å². The van der Waals surface area contributed by atoms with Crippen molar-refractivity contribution < 1.29 is 14.0 Å². The molecule has 0 radical (unpaired) electrons. The van der Waals surface area contributed by atoms with Gasteiger partial charge in [-0.1, -0.05) is 0 Å². The molecular weight excluding hydrogens is 234 g/mol. The zero-order chi connectivity index (χ0) is 13.1. The predicted molar refractivity (Wildman–Crippen MR) is 72.7 cm³/mol. The van der Waals surface area contributed by atoms with Gasteiger partial charge in [0.25, 0.3) is 0 Å². The van der Waals surface area contributed by atoms with Gasteiger partial charge in [0.1, 0.15) is 0 Å². The van der Waals surface area contributed by atoms with Crippen molar-refractivity contribution in [2.75, 3.05) is 26.8 Å². The van der Waals surface area contributed by atoms with Crippen molar-refractivity contribution in [1.29, 1.82) is 0 Å². The van der Waals surface area contributed by atoms with E-state index in [4.69, 9.17) is 4.43 Å². The zero-order valence-electron chi connectivity index (χ0n) is 11.7. The smallest absolute Gasteiger partial charge is 0.305 e. The van der Waals surface area contributed by atoms with Gasteiger partial charge < -0.3 is 14.5 Å². The minimum absolute atomic E-state index is 0.128. The Kier molecular flexibility index (Phi) is 9.40. The van der Waals surface area contributed by atoms with Gasteiger partial charge in [-0.15, -0.1) is 0 Å². The summed E-state index contributed by atoms with van der Waals surface area (Å²) in [6.07, 6.45) is 2.50. The lowest BCUT2D eigenvalue weighted by Crippen LogP contribution is -2.31. The first-order chi connectivity index (χ1) is 8.02. The average Bonchev–Trinajstić information content (AvgIpc) is 2.27. The molecule has 102 valence electrons. The van der Waals surface area contributed by atoms with E-state index < -0.39 is 8.32 Å². The predicted octanol–water partition coefficient (Wildman–Crippen LogP) is 2.16. The molecule has 1 N–H and O–H groups in total. The molecule has 0 unspecified atom stereocenters. The molecule has 5 heteroatoms. The SMILES string of the molecule is CCO[Si](C)(C)CCCNCCCC(=O)OC. The highest BCUT2D eigenvalue weighted by atomic mass is 28.4. The Morgan fingerprint density at radius 3 is 2.47 bits per heavy atom. The van der Waals surface area contributed by atoms with Crippen LogP contribution in [0.4, 0.5) is 0 Å². The van der Waals surface area contributed by atoms with E-state index in [1.807, 2.05) is 0 Å². The highest BCUT2D eigenvalue weighted by molar-refractivity contribution is 6.71. The summed E-state index contributed by atoms with van der Waals surface area (Å²) >= 11 is 0. The first-order valence-corrected chi connectivity index (χ1v) is 9.55. The maximum Gasteiger partial charge on any atom is 0.305 e. The van der Waals surface area contributed by atoms with Gasteiger partial charge in [0.2, 0.25) is 0 Å². The fourth-order valence-electron chi connectivity index (χ4n) is 1.69. The molecule has 0 atom stereocenters. The van der Waals surface area contributed by atoms with Crippen molar-refractivity contribution in [2.45, 2.75) is 45.3 Å². The highest BCUT2D eigenvalue weighted by Gasteiger charge is 2.20. The summed E-state index contributed by atoms with van der Waals surface area (Å²) < 4.78 is 10.3. The Hall–Kier alpha value is -0.393. The second-order valence-corrected chi connectivity index (χ2v) is 9.03. The van der Waals surface area contributed by atoms with Crippen LogP contribution in [-0.4, -0.2) is 41.1 Å². The van der Waals surface area contributed by atoms with Crippen molar-refractivity contribution in [1.82, 2.24) is 5.32 Å². The fourth-order valence-corrected chi connectivity index (χ4v) is 3.64. The van der Waals surface area contributed by atoms with Crippen molar-refractivity contribution in [3.05, 3.63) is 0 Å². The van der Waals surface area contributed by atoms with E-state index in [2.05, 4.69) is 30.1 Å². The minimum atomic E-state index is -1.41. The van der Waals surface area contributed by atoms with Gasteiger partial charge in [-0.3, -0.25) is 4.79 Å². The summed E-state index contributed by atoms with van der Waals surface area (Å²) in [5.41, 5.74) is 0. The Labute approximate surface area is 106 Å². The van der Waals surface area contributed by atoms with Crippen LogP contribution in [0.5, 0.6) is 0 Å². The van der Waals surface area contributed by atoms with Crippen LogP contribution >= 0.6 is 0 Å². The van der Waals surface area contributed by atoms with Crippen molar-refractivity contribution in [3.8, 4) is 0 Å². The Balaban J connectivity index is 3.32. The molecule has 0 aliphatic carbocycles. The number of hydrogen-bond donors (Lipinski definition) is 1. The Morgan fingerprint density at radius 1 is 1.24 bits per heavy atom.